The van der Waals surface area contributed by atoms with Gasteiger partial charge >= 0.3 is 0 Å². The molecule has 1 N–H and O–H groups in total. The molecule has 0 rings (SSSR count). The van der Waals surface area contributed by atoms with Gasteiger partial charge in [0.1, 0.15) is 18.4 Å². The molecule has 0 spiro atoms. The molecule has 4 atom stereocenters. The van der Waals surface area contributed by atoms with Gasteiger partial charge < -0.3 is 19.5 Å². The van der Waals surface area contributed by atoms with Crippen LogP contribution in [-0.2, 0) is 9.59 Å². The lowest BCUT2D eigenvalue weighted by Gasteiger charge is -2.30. The van der Waals surface area contributed by atoms with Gasteiger partial charge in [-0.1, -0.05) is 71.1 Å². The number of likely N-dealkylation sites (N-methyl/N-ethyl adjacent to an activating group) is 1. The molecule has 0 aliphatic carbocycles. The van der Waals surface area contributed by atoms with Crippen LogP contribution in [0.4, 0.5) is 0 Å². The number of carbonyl (C=O) groups excluding carboxylic acids is 2. The van der Waals surface area contributed by atoms with Gasteiger partial charge in [0.05, 0.1) is 33.0 Å². The Kier molecular flexibility index (Phi) is 17.8. The average Bonchev–Trinajstić information content (AvgIpc) is 2.67. The first-order valence-corrected chi connectivity index (χ1v) is 13.4. The summed E-state index contributed by atoms with van der Waals surface area (Å²) >= 11 is 12.9. The Hall–Kier alpha value is -0.360. The molecule has 0 aromatic heterocycles. The molecule has 0 aromatic rings. The number of aliphatic carboxylic acids is 1. The molecular formula is C25H47Cl2NO4. The van der Waals surface area contributed by atoms with E-state index in [2.05, 4.69) is 6.92 Å². The highest BCUT2D eigenvalue weighted by atomic mass is 35.5. The molecule has 0 saturated heterocycles. The number of ketones is 1. The number of hydrogen-bond acceptors (Lipinski definition) is 4. The molecule has 0 aromatic carbocycles. The summed E-state index contributed by atoms with van der Waals surface area (Å²) in [7, 11) is 5.52. The molecule has 0 aliphatic rings. The highest BCUT2D eigenvalue weighted by Gasteiger charge is 2.31. The molecule has 4 unspecified atom stereocenters. The Morgan fingerprint density at radius 2 is 1.25 bits per heavy atom. The average molecular weight is 497 g/mol. The van der Waals surface area contributed by atoms with Crippen LogP contribution in [0.5, 0.6) is 0 Å². The number of carbonyl (C=O) groups is 2. The van der Waals surface area contributed by atoms with E-state index in [9.17, 15) is 19.8 Å². The zero-order chi connectivity index (χ0) is 24.6. The van der Waals surface area contributed by atoms with Crippen LogP contribution in [-0.4, -0.2) is 65.9 Å². The van der Waals surface area contributed by atoms with Gasteiger partial charge in [-0.3, -0.25) is 4.79 Å². The smallest absolute Gasteiger partial charge is 0.144 e. The molecule has 0 bridgehead atoms. The summed E-state index contributed by atoms with van der Waals surface area (Å²) in [6, 6.07) is 0. The van der Waals surface area contributed by atoms with E-state index in [1.807, 2.05) is 21.1 Å². The summed E-state index contributed by atoms with van der Waals surface area (Å²) in [6.07, 6.45) is 12.8. The fourth-order valence-electron chi connectivity index (χ4n) is 3.98. The summed E-state index contributed by atoms with van der Waals surface area (Å²) in [5, 5.41) is 21.6. The third kappa shape index (κ3) is 16.3. The summed E-state index contributed by atoms with van der Waals surface area (Å²) in [5.74, 6) is -3.37. The molecular weight excluding hydrogens is 449 g/mol. The van der Waals surface area contributed by atoms with E-state index in [0.29, 0.717) is 10.9 Å². The number of quaternary nitrogens is 1. The number of carboxylic acid groups (broad SMARTS) is 1. The largest absolute Gasteiger partial charge is 0.549 e. The Bertz CT molecular complexity index is 511. The van der Waals surface area contributed by atoms with Crippen molar-refractivity contribution in [3.05, 3.63) is 0 Å². The van der Waals surface area contributed by atoms with Crippen LogP contribution >= 0.6 is 23.2 Å². The molecule has 32 heavy (non-hydrogen) atoms. The van der Waals surface area contributed by atoms with E-state index in [0.717, 1.165) is 44.9 Å². The third-order valence-corrected chi connectivity index (χ3v) is 7.02. The highest BCUT2D eigenvalue weighted by Crippen LogP contribution is 2.23. The lowest BCUT2D eigenvalue weighted by molar-refractivity contribution is -0.873. The van der Waals surface area contributed by atoms with E-state index in [1.165, 1.54) is 32.1 Å². The first-order valence-electron chi connectivity index (χ1n) is 12.5. The zero-order valence-corrected chi connectivity index (χ0v) is 22.3. The van der Waals surface area contributed by atoms with Crippen molar-refractivity contribution < 1.29 is 24.3 Å². The summed E-state index contributed by atoms with van der Waals surface area (Å²) in [4.78, 5) is 23.7. The molecule has 0 radical (unpaired) electrons. The predicted octanol–water partition coefficient (Wildman–Crippen LogP) is 4.68. The topological polar surface area (TPSA) is 77.4 Å². The van der Waals surface area contributed by atoms with Crippen LogP contribution < -0.4 is 5.11 Å². The van der Waals surface area contributed by atoms with Crippen molar-refractivity contribution in [2.75, 3.05) is 27.7 Å². The van der Waals surface area contributed by atoms with Crippen LogP contribution in [0.15, 0.2) is 0 Å². The SMILES string of the molecule is CCCCCCCCC(Cl)C(Cl)CCCCCCCC(=O)C(C(=O)[O-])C(O)C[N+](C)(C)C. The van der Waals surface area contributed by atoms with Gasteiger partial charge in [0.15, 0.2) is 0 Å². The van der Waals surface area contributed by atoms with E-state index in [1.54, 1.807) is 0 Å². The Morgan fingerprint density at radius 1 is 0.812 bits per heavy atom. The lowest BCUT2D eigenvalue weighted by atomic mass is 9.93. The second-order valence-electron chi connectivity index (χ2n) is 10.2. The minimum atomic E-state index is -1.49. The fraction of sp³-hybridized carbons (Fsp3) is 0.920. The maximum absolute atomic E-state index is 12.3. The number of hydrogen-bond donors (Lipinski definition) is 1. The molecule has 0 aliphatic heterocycles. The van der Waals surface area contributed by atoms with Gasteiger partial charge in [0.25, 0.3) is 0 Å². The number of alkyl halides is 2. The molecule has 7 heteroatoms. The molecule has 0 fully saturated rings. The lowest BCUT2D eigenvalue weighted by Crippen LogP contribution is -2.51. The maximum Gasteiger partial charge on any atom is 0.144 e. The first-order chi connectivity index (χ1) is 15.0. The second-order valence-corrected chi connectivity index (χ2v) is 11.3. The monoisotopic (exact) mass is 495 g/mol. The number of aliphatic hydroxyl groups is 1. The van der Waals surface area contributed by atoms with Crippen molar-refractivity contribution in [2.24, 2.45) is 5.92 Å². The standard InChI is InChI=1S/C25H47Cl2NO4/c1-5-6-7-8-10-13-16-20(26)21(27)17-14-11-9-12-15-18-22(29)24(25(31)32)23(30)19-28(2,3)4/h20-21,23-24,30H,5-19H2,1-4H3. The normalized spacial score (nSPS) is 15.8. The predicted molar refractivity (Wildman–Crippen MR) is 132 cm³/mol. The number of nitrogens with zero attached hydrogens (tertiary/aromatic N) is 1. The quantitative estimate of drug-likeness (QED) is 0.108. The Balaban J connectivity index is 3.94. The van der Waals surface area contributed by atoms with Crippen LogP contribution in [0, 0.1) is 5.92 Å². The Labute approximate surface area is 206 Å². The summed E-state index contributed by atoms with van der Waals surface area (Å²) < 4.78 is 0.377. The van der Waals surface area contributed by atoms with Crippen LogP contribution in [0.3, 0.4) is 0 Å². The maximum atomic E-state index is 12.3. The summed E-state index contributed by atoms with van der Waals surface area (Å²) in [5.41, 5.74) is 0. The number of rotatable bonds is 21. The van der Waals surface area contributed by atoms with E-state index >= 15 is 0 Å². The first kappa shape index (κ1) is 31.6. The van der Waals surface area contributed by atoms with Gasteiger partial charge in [0.2, 0.25) is 0 Å². The zero-order valence-electron chi connectivity index (χ0n) is 20.8. The fourth-order valence-corrected chi connectivity index (χ4v) is 4.54. The number of Topliss-reactive ketones (excluding diaryl/α,β-unsaturated/α-hetero) is 1. The van der Waals surface area contributed by atoms with E-state index < -0.39 is 23.8 Å². The van der Waals surface area contributed by atoms with Crippen molar-refractivity contribution in [1.29, 1.82) is 0 Å². The third-order valence-electron chi connectivity index (χ3n) is 5.85. The molecule has 190 valence electrons. The Morgan fingerprint density at radius 3 is 1.69 bits per heavy atom. The highest BCUT2D eigenvalue weighted by molar-refractivity contribution is 6.29. The summed E-state index contributed by atoms with van der Waals surface area (Å²) in [6.45, 7) is 2.41. The van der Waals surface area contributed by atoms with E-state index in [4.69, 9.17) is 23.2 Å². The van der Waals surface area contributed by atoms with Gasteiger partial charge in [-0.05, 0) is 19.3 Å². The minimum absolute atomic E-state index is 0.000386. The molecule has 0 amide bonds. The molecule has 5 nitrogen and oxygen atoms in total. The number of halogens is 2. The van der Waals surface area contributed by atoms with Gasteiger partial charge in [-0.25, -0.2) is 0 Å². The molecule has 0 saturated carbocycles. The number of aliphatic hydroxyl groups excluding tert-OH is 1. The minimum Gasteiger partial charge on any atom is -0.549 e. The van der Waals surface area contributed by atoms with Crippen LogP contribution in [0.1, 0.15) is 96.8 Å². The van der Waals surface area contributed by atoms with Gasteiger partial charge in [0, 0.05) is 17.2 Å². The van der Waals surface area contributed by atoms with E-state index in [-0.39, 0.29) is 23.7 Å². The van der Waals surface area contributed by atoms with Gasteiger partial charge in [-0.2, -0.15) is 0 Å². The van der Waals surface area contributed by atoms with Gasteiger partial charge in [-0.15, -0.1) is 23.2 Å². The van der Waals surface area contributed by atoms with Crippen molar-refractivity contribution in [3.8, 4) is 0 Å². The van der Waals surface area contributed by atoms with Crippen LogP contribution in [0.2, 0.25) is 0 Å². The van der Waals surface area contributed by atoms with Crippen molar-refractivity contribution >= 4 is 35.0 Å². The number of unbranched alkanes of at least 4 members (excludes halogenated alkanes) is 9. The van der Waals surface area contributed by atoms with Crippen LogP contribution in [0.25, 0.3) is 0 Å². The second kappa shape index (κ2) is 18.0. The number of carboxylic acids is 1. The van der Waals surface area contributed by atoms with Crippen molar-refractivity contribution in [1.82, 2.24) is 0 Å². The molecule has 0 heterocycles. The van der Waals surface area contributed by atoms with Crippen molar-refractivity contribution in [3.63, 3.8) is 0 Å². The van der Waals surface area contributed by atoms with Crippen molar-refractivity contribution in [2.45, 2.75) is 114 Å².